The molecular formula is C16H23NO7S. The van der Waals surface area contributed by atoms with Gasteiger partial charge in [-0.1, -0.05) is 0 Å². The van der Waals surface area contributed by atoms with Gasteiger partial charge < -0.3 is 14.2 Å². The second-order valence-corrected chi connectivity index (χ2v) is 7.55. The average molecular weight is 373 g/mol. The molecule has 1 fully saturated rings. The molecule has 0 N–H and O–H groups in total. The molecule has 140 valence electrons. The third-order valence-electron chi connectivity index (χ3n) is 4.09. The number of hydroxylamine groups is 2. The summed E-state index contributed by atoms with van der Waals surface area (Å²) in [5.74, 6) is -0.362. The molecule has 2 rings (SSSR count). The predicted molar refractivity (Wildman–Crippen MR) is 88.4 cm³/mol. The first-order valence-electron chi connectivity index (χ1n) is 7.89. The summed E-state index contributed by atoms with van der Waals surface area (Å²) < 4.78 is 41.6. The Morgan fingerprint density at radius 3 is 2.48 bits per heavy atom. The summed E-state index contributed by atoms with van der Waals surface area (Å²) in [7, 11) is -1.46. The molecule has 0 unspecified atom stereocenters. The van der Waals surface area contributed by atoms with E-state index in [2.05, 4.69) is 0 Å². The Bertz CT molecular complexity index is 689. The fourth-order valence-corrected chi connectivity index (χ4v) is 4.82. The maximum absolute atomic E-state index is 13.3. The van der Waals surface area contributed by atoms with Crippen LogP contribution in [0.25, 0.3) is 0 Å². The highest BCUT2D eigenvalue weighted by Gasteiger charge is 2.60. The number of rotatable bonds is 8. The molecule has 0 radical (unpaired) electrons. The number of hydrogen-bond donors (Lipinski definition) is 0. The fraction of sp³-hybridized carbons (Fsp3) is 0.562. The van der Waals surface area contributed by atoms with E-state index < -0.39 is 20.7 Å². The number of carbonyl (C=O) groups excluding carboxylic acids is 1. The molecular weight excluding hydrogens is 350 g/mol. The van der Waals surface area contributed by atoms with Gasteiger partial charge in [0, 0.05) is 13.2 Å². The third-order valence-corrected chi connectivity index (χ3v) is 6.45. The minimum Gasteiger partial charge on any atom is -0.497 e. The third kappa shape index (κ3) is 3.50. The van der Waals surface area contributed by atoms with Crippen LogP contribution in [-0.2, 0) is 28.9 Å². The van der Waals surface area contributed by atoms with Gasteiger partial charge in [-0.15, -0.1) is 0 Å². The van der Waals surface area contributed by atoms with Crippen LogP contribution in [0.5, 0.6) is 5.75 Å². The normalized spacial score (nSPS) is 21.2. The highest BCUT2D eigenvalue weighted by atomic mass is 32.2. The van der Waals surface area contributed by atoms with Crippen LogP contribution in [0.2, 0.25) is 0 Å². The van der Waals surface area contributed by atoms with Crippen molar-refractivity contribution in [2.24, 2.45) is 0 Å². The Kier molecular flexibility index (Phi) is 6.39. The van der Waals surface area contributed by atoms with E-state index in [0.717, 1.165) is 12.2 Å². The molecule has 0 saturated carbocycles. The summed E-state index contributed by atoms with van der Waals surface area (Å²) in [6.07, 6.45) is 0.538. The molecule has 1 aromatic rings. The average Bonchev–Trinajstić information content (AvgIpc) is 3.06. The number of sulfone groups is 1. The quantitative estimate of drug-likeness (QED) is 0.383. The highest BCUT2D eigenvalue weighted by Crippen LogP contribution is 2.40. The molecule has 1 aromatic carbocycles. The molecule has 8 nitrogen and oxygen atoms in total. The summed E-state index contributed by atoms with van der Waals surface area (Å²) in [4.78, 5) is 16.0. The Morgan fingerprint density at radius 1 is 1.24 bits per heavy atom. The molecule has 1 aliphatic rings. The lowest BCUT2D eigenvalue weighted by Crippen LogP contribution is -2.56. The van der Waals surface area contributed by atoms with Crippen molar-refractivity contribution in [3.05, 3.63) is 24.3 Å². The minimum absolute atomic E-state index is 0.00869. The predicted octanol–water partition coefficient (Wildman–Crippen LogP) is 1.36. The van der Waals surface area contributed by atoms with Gasteiger partial charge in [0.2, 0.25) is 14.7 Å². The number of nitrogens with zero attached hydrogens (tertiary/aromatic N) is 1. The summed E-state index contributed by atoms with van der Waals surface area (Å²) in [5, 5.41) is 1.16. The van der Waals surface area contributed by atoms with E-state index >= 15 is 0 Å². The molecule has 0 bridgehead atoms. The lowest BCUT2D eigenvalue weighted by molar-refractivity contribution is -0.241. The number of ether oxygens (including phenoxy) is 3. The fourth-order valence-electron chi connectivity index (χ4n) is 2.81. The Morgan fingerprint density at radius 2 is 1.92 bits per heavy atom. The number of esters is 1. The van der Waals surface area contributed by atoms with Gasteiger partial charge in [0.05, 0.1) is 19.1 Å². The van der Waals surface area contributed by atoms with Gasteiger partial charge >= 0.3 is 5.97 Å². The molecule has 1 atom stereocenters. The molecule has 0 aliphatic carbocycles. The van der Waals surface area contributed by atoms with Gasteiger partial charge in [-0.2, -0.15) is 5.06 Å². The van der Waals surface area contributed by atoms with Crippen molar-refractivity contribution in [1.82, 2.24) is 5.06 Å². The van der Waals surface area contributed by atoms with E-state index in [4.69, 9.17) is 19.0 Å². The minimum atomic E-state index is -4.11. The molecule has 1 saturated heterocycles. The standard InChI is InChI=1S/C16H23NO7S/c1-4-23-12-24-17-11-5-10-16(17,15(18)22-3)25(19,20)14-8-6-13(21-2)7-9-14/h6-9H,4-5,10-12H2,1-3H3/t16-/m1/s1. The largest absolute Gasteiger partial charge is 0.497 e. The molecule has 25 heavy (non-hydrogen) atoms. The molecule has 1 aliphatic heterocycles. The second-order valence-electron chi connectivity index (χ2n) is 5.40. The van der Waals surface area contributed by atoms with Crippen molar-refractivity contribution in [3.8, 4) is 5.75 Å². The van der Waals surface area contributed by atoms with Crippen molar-refractivity contribution in [2.75, 3.05) is 34.2 Å². The van der Waals surface area contributed by atoms with Gasteiger partial charge in [-0.05, 0) is 44.0 Å². The van der Waals surface area contributed by atoms with Crippen molar-refractivity contribution < 1.29 is 32.3 Å². The van der Waals surface area contributed by atoms with E-state index in [9.17, 15) is 13.2 Å². The van der Waals surface area contributed by atoms with Crippen LogP contribution in [0.1, 0.15) is 19.8 Å². The van der Waals surface area contributed by atoms with Crippen molar-refractivity contribution >= 4 is 15.8 Å². The maximum atomic E-state index is 13.3. The van der Waals surface area contributed by atoms with Crippen LogP contribution in [0.15, 0.2) is 29.2 Å². The van der Waals surface area contributed by atoms with Crippen LogP contribution in [-0.4, -0.2) is 58.5 Å². The summed E-state index contributed by atoms with van der Waals surface area (Å²) in [6, 6.07) is 5.85. The van der Waals surface area contributed by atoms with Gasteiger partial charge in [-0.3, -0.25) is 4.84 Å². The molecule has 0 spiro atoms. The van der Waals surface area contributed by atoms with E-state index in [1.807, 2.05) is 0 Å². The van der Waals surface area contributed by atoms with Gasteiger partial charge in [0.25, 0.3) is 0 Å². The lowest BCUT2D eigenvalue weighted by atomic mass is 10.2. The van der Waals surface area contributed by atoms with Gasteiger partial charge in [0.1, 0.15) is 5.75 Å². The van der Waals surface area contributed by atoms with E-state index in [-0.39, 0.29) is 24.7 Å². The SMILES string of the molecule is CCOCON1CCC[C@]1(C(=O)OC)S(=O)(=O)c1ccc(OC)cc1. The first-order chi connectivity index (χ1) is 11.9. The smallest absolute Gasteiger partial charge is 0.344 e. The Labute approximate surface area is 147 Å². The van der Waals surface area contributed by atoms with Crippen LogP contribution in [0.3, 0.4) is 0 Å². The molecule has 9 heteroatoms. The highest BCUT2D eigenvalue weighted by molar-refractivity contribution is 7.93. The number of hydrogen-bond acceptors (Lipinski definition) is 8. The Hall–Kier alpha value is -1.68. The van der Waals surface area contributed by atoms with E-state index in [0.29, 0.717) is 18.8 Å². The lowest BCUT2D eigenvalue weighted by Gasteiger charge is -2.33. The van der Waals surface area contributed by atoms with Crippen LogP contribution < -0.4 is 4.74 Å². The van der Waals surface area contributed by atoms with Crippen LogP contribution >= 0.6 is 0 Å². The maximum Gasteiger partial charge on any atom is 0.344 e. The molecule has 1 heterocycles. The topological polar surface area (TPSA) is 91.4 Å². The van der Waals surface area contributed by atoms with Gasteiger partial charge in [0.15, 0.2) is 6.79 Å². The first-order valence-corrected chi connectivity index (χ1v) is 9.37. The Balaban J connectivity index is 2.45. The van der Waals surface area contributed by atoms with E-state index in [1.54, 1.807) is 6.92 Å². The van der Waals surface area contributed by atoms with Crippen molar-refractivity contribution in [2.45, 2.75) is 29.5 Å². The first kappa shape index (κ1) is 19.6. The zero-order valence-electron chi connectivity index (χ0n) is 14.6. The van der Waals surface area contributed by atoms with E-state index in [1.165, 1.54) is 31.4 Å². The molecule has 0 amide bonds. The van der Waals surface area contributed by atoms with Crippen molar-refractivity contribution in [1.29, 1.82) is 0 Å². The van der Waals surface area contributed by atoms with Crippen LogP contribution in [0.4, 0.5) is 0 Å². The zero-order chi connectivity index (χ0) is 18.5. The van der Waals surface area contributed by atoms with Gasteiger partial charge in [-0.25, -0.2) is 13.2 Å². The second kappa shape index (κ2) is 8.13. The monoisotopic (exact) mass is 373 g/mol. The summed E-state index contributed by atoms with van der Waals surface area (Å²) in [6.45, 7) is 2.32. The van der Waals surface area contributed by atoms with Crippen LogP contribution in [0, 0.1) is 0 Å². The van der Waals surface area contributed by atoms with Crippen molar-refractivity contribution in [3.63, 3.8) is 0 Å². The zero-order valence-corrected chi connectivity index (χ0v) is 15.4. The number of carbonyl (C=O) groups is 1. The number of methoxy groups -OCH3 is 2. The summed E-state index contributed by atoms with van der Waals surface area (Å²) >= 11 is 0. The summed E-state index contributed by atoms with van der Waals surface area (Å²) in [5.41, 5.74) is 0. The number of benzene rings is 1. The molecule has 0 aromatic heterocycles.